The molecule has 4 rings (SSSR count). The minimum atomic E-state index is -0.247. The van der Waals surface area contributed by atoms with E-state index in [4.69, 9.17) is 23.2 Å². The van der Waals surface area contributed by atoms with Crippen LogP contribution in [0, 0.1) is 0 Å². The van der Waals surface area contributed by atoms with Gasteiger partial charge in [-0.15, -0.1) is 0 Å². The van der Waals surface area contributed by atoms with E-state index in [1.165, 1.54) is 0 Å². The standard InChI is InChI=1S/C21H16Cl2N4O/c22-15-9-8-14(16(23)11-15)13-27-19-7-2-1-5-17(19)26-20(27)12-25-21(28)18-6-3-4-10-24-18/h1-11H,12-13H2,(H,25,28). The van der Waals surface area contributed by atoms with Crippen LogP contribution in [0.15, 0.2) is 66.9 Å². The third-order valence-corrected chi connectivity index (χ3v) is 4.97. The second kappa shape index (κ2) is 8.00. The second-order valence-electron chi connectivity index (χ2n) is 6.24. The average molecular weight is 411 g/mol. The molecule has 0 aliphatic rings. The highest BCUT2D eigenvalue weighted by Crippen LogP contribution is 2.24. The Kier molecular flexibility index (Phi) is 5.28. The molecule has 7 heteroatoms. The summed E-state index contributed by atoms with van der Waals surface area (Å²) in [5, 5.41) is 4.07. The van der Waals surface area contributed by atoms with Crippen molar-refractivity contribution in [3.63, 3.8) is 0 Å². The van der Waals surface area contributed by atoms with Crippen LogP contribution in [-0.2, 0) is 13.1 Å². The molecule has 0 aliphatic heterocycles. The van der Waals surface area contributed by atoms with Gasteiger partial charge in [0.05, 0.1) is 24.1 Å². The molecule has 0 saturated carbocycles. The number of aromatic nitrogens is 3. The molecular formula is C21H16Cl2N4O. The van der Waals surface area contributed by atoms with Crippen LogP contribution in [0.3, 0.4) is 0 Å². The largest absolute Gasteiger partial charge is 0.343 e. The quantitative estimate of drug-likeness (QED) is 0.517. The number of imidazole rings is 1. The maximum absolute atomic E-state index is 12.3. The van der Waals surface area contributed by atoms with E-state index in [2.05, 4.69) is 15.3 Å². The SMILES string of the molecule is O=C(NCc1nc2ccccc2n1Cc1ccc(Cl)cc1Cl)c1ccccn1. The lowest BCUT2D eigenvalue weighted by Crippen LogP contribution is -2.25. The highest BCUT2D eigenvalue weighted by atomic mass is 35.5. The van der Waals surface area contributed by atoms with Crippen LogP contribution in [0.1, 0.15) is 21.9 Å². The Labute approximate surface area is 171 Å². The van der Waals surface area contributed by atoms with Crippen molar-refractivity contribution in [3.8, 4) is 0 Å². The smallest absolute Gasteiger partial charge is 0.270 e. The van der Waals surface area contributed by atoms with Gasteiger partial charge >= 0.3 is 0 Å². The summed E-state index contributed by atoms with van der Waals surface area (Å²) >= 11 is 12.4. The molecule has 0 atom stereocenters. The van der Waals surface area contributed by atoms with Crippen LogP contribution >= 0.6 is 23.2 Å². The first-order chi connectivity index (χ1) is 13.6. The summed E-state index contributed by atoms with van der Waals surface area (Å²) in [5.74, 6) is 0.486. The summed E-state index contributed by atoms with van der Waals surface area (Å²) in [5.41, 5.74) is 3.11. The minimum absolute atomic E-state index is 0.247. The fourth-order valence-electron chi connectivity index (χ4n) is 3.00. The topological polar surface area (TPSA) is 59.8 Å². The number of rotatable bonds is 5. The Hall–Kier alpha value is -2.89. The Morgan fingerprint density at radius 3 is 2.64 bits per heavy atom. The lowest BCUT2D eigenvalue weighted by molar-refractivity contribution is 0.0944. The van der Waals surface area contributed by atoms with Gasteiger partial charge in [-0.25, -0.2) is 4.98 Å². The van der Waals surface area contributed by atoms with Crippen LogP contribution in [0.25, 0.3) is 11.0 Å². The number of halogens is 2. The molecule has 2 aromatic heterocycles. The number of nitrogens with zero attached hydrogens (tertiary/aromatic N) is 3. The zero-order valence-electron chi connectivity index (χ0n) is 14.8. The Morgan fingerprint density at radius 1 is 1.04 bits per heavy atom. The summed E-state index contributed by atoms with van der Waals surface area (Å²) in [7, 11) is 0. The molecule has 4 aromatic rings. The van der Waals surface area contributed by atoms with Gasteiger partial charge in [-0.1, -0.05) is 47.5 Å². The molecule has 2 aromatic carbocycles. The fraction of sp³-hybridized carbons (Fsp3) is 0.0952. The Balaban J connectivity index is 1.64. The lowest BCUT2D eigenvalue weighted by Gasteiger charge is -2.12. The van der Waals surface area contributed by atoms with E-state index >= 15 is 0 Å². The molecule has 140 valence electrons. The number of benzene rings is 2. The molecule has 28 heavy (non-hydrogen) atoms. The van der Waals surface area contributed by atoms with E-state index in [1.807, 2.05) is 41.0 Å². The van der Waals surface area contributed by atoms with Crippen LogP contribution in [-0.4, -0.2) is 20.4 Å². The number of nitrogens with one attached hydrogen (secondary N) is 1. The van der Waals surface area contributed by atoms with E-state index in [1.54, 1.807) is 30.5 Å². The molecule has 0 bridgehead atoms. The first kappa shape index (κ1) is 18.5. The van der Waals surface area contributed by atoms with Gasteiger partial charge in [0.2, 0.25) is 0 Å². The summed E-state index contributed by atoms with van der Waals surface area (Å²) < 4.78 is 2.04. The van der Waals surface area contributed by atoms with Crippen molar-refractivity contribution in [1.29, 1.82) is 0 Å². The van der Waals surface area contributed by atoms with Crippen LogP contribution in [0.2, 0.25) is 10.0 Å². The normalized spacial score (nSPS) is 10.9. The molecule has 0 unspecified atom stereocenters. The fourth-order valence-corrected chi connectivity index (χ4v) is 3.47. The van der Waals surface area contributed by atoms with Crippen molar-refractivity contribution in [3.05, 3.63) is 94.0 Å². The molecule has 5 nitrogen and oxygen atoms in total. The van der Waals surface area contributed by atoms with Gasteiger partial charge in [-0.2, -0.15) is 0 Å². The Morgan fingerprint density at radius 2 is 1.86 bits per heavy atom. The number of para-hydroxylation sites is 2. The summed E-state index contributed by atoms with van der Waals surface area (Å²) in [4.78, 5) is 21.1. The lowest BCUT2D eigenvalue weighted by atomic mass is 10.2. The van der Waals surface area contributed by atoms with Crippen LogP contribution in [0.5, 0.6) is 0 Å². The van der Waals surface area contributed by atoms with Gasteiger partial charge in [0.1, 0.15) is 11.5 Å². The zero-order valence-corrected chi connectivity index (χ0v) is 16.3. The first-order valence-corrected chi connectivity index (χ1v) is 9.45. The number of fused-ring (bicyclic) bond motifs is 1. The van der Waals surface area contributed by atoms with E-state index in [0.29, 0.717) is 22.3 Å². The molecule has 0 fully saturated rings. The van der Waals surface area contributed by atoms with Gasteiger partial charge in [0.25, 0.3) is 5.91 Å². The number of carbonyl (C=O) groups is 1. The van der Waals surface area contributed by atoms with Gasteiger partial charge < -0.3 is 9.88 Å². The maximum Gasteiger partial charge on any atom is 0.270 e. The minimum Gasteiger partial charge on any atom is -0.343 e. The van der Waals surface area contributed by atoms with Crippen LogP contribution in [0.4, 0.5) is 0 Å². The Bertz CT molecular complexity index is 1140. The van der Waals surface area contributed by atoms with Crippen molar-refractivity contribution in [2.45, 2.75) is 13.1 Å². The number of amides is 1. The molecule has 1 N–H and O–H groups in total. The number of pyridine rings is 1. The molecule has 1 amide bonds. The van der Waals surface area contributed by atoms with Crippen LogP contribution < -0.4 is 5.32 Å². The van der Waals surface area contributed by atoms with Crippen molar-refractivity contribution < 1.29 is 4.79 Å². The molecule has 0 aliphatic carbocycles. The first-order valence-electron chi connectivity index (χ1n) is 8.69. The molecule has 2 heterocycles. The monoisotopic (exact) mass is 410 g/mol. The third-order valence-electron chi connectivity index (χ3n) is 4.38. The molecule has 0 spiro atoms. The highest BCUT2D eigenvalue weighted by molar-refractivity contribution is 6.35. The van der Waals surface area contributed by atoms with Crippen molar-refractivity contribution in [2.24, 2.45) is 0 Å². The summed E-state index contributed by atoms with van der Waals surface area (Å²) in [6.07, 6.45) is 1.59. The van der Waals surface area contributed by atoms with Gasteiger partial charge in [0.15, 0.2) is 0 Å². The average Bonchev–Trinajstić information content (AvgIpc) is 3.06. The van der Waals surface area contributed by atoms with Crippen molar-refractivity contribution in [1.82, 2.24) is 19.9 Å². The molecular weight excluding hydrogens is 395 g/mol. The third kappa shape index (κ3) is 3.86. The molecule has 0 radical (unpaired) electrons. The van der Waals surface area contributed by atoms with Gasteiger partial charge in [-0.3, -0.25) is 9.78 Å². The van der Waals surface area contributed by atoms with E-state index < -0.39 is 0 Å². The highest BCUT2D eigenvalue weighted by Gasteiger charge is 2.14. The van der Waals surface area contributed by atoms with E-state index in [0.717, 1.165) is 22.4 Å². The second-order valence-corrected chi connectivity index (χ2v) is 7.08. The molecule has 0 saturated heterocycles. The van der Waals surface area contributed by atoms with Gasteiger partial charge in [-0.05, 0) is 42.0 Å². The number of hydrogen-bond acceptors (Lipinski definition) is 3. The number of hydrogen-bond donors (Lipinski definition) is 1. The zero-order chi connectivity index (χ0) is 19.5. The van der Waals surface area contributed by atoms with Gasteiger partial charge in [0, 0.05) is 16.2 Å². The van der Waals surface area contributed by atoms with Crippen molar-refractivity contribution in [2.75, 3.05) is 0 Å². The summed E-state index contributed by atoms with van der Waals surface area (Å²) in [6, 6.07) is 18.5. The maximum atomic E-state index is 12.3. The number of carbonyl (C=O) groups excluding carboxylic acids is 1. The van der Waals surface area contributed by atoms with E-state index in [-0.39, 0.29) is 12.5 Å². The van der Waals surface area contributed by atoms with Crippen molar-refractivity contribution >= 4 is 40.1 Å². The predicted octanol–water partition coefficient (Wildman–Crippen LogP) is 4.72. The summed E-state index contributed by atoms with van der Waals surface area (Å²) in [6.45, 7) is 0.792. The predicted molar refractivity (Wildman–Crippen MR) is 111 cm³/mol. The van der Waals surface area contributed by atoms with E-state index in [9.17, 15) is 4.79 Å².